The molecule has 1 aromatic rings. The number of carbonyl (C=O) groups is 1. The second-order valence-electron chi connectivity index (χ2n) is 4.58. The quantitative estimate of drug-likeness (QED) is 0.791. The Kier molecular flexibility index (Phi) is 5.56. The predicted octanol–water partition coefficient (Wildman–Crippen LogP) is 0.792. The molecule has 1 amide bonds. The minimum atomic E-state index is -0.563. The van der Waals surface area contributed by atoms with Gasteiger partial charge in [0.05, 0.1) is 6.10 Å². The molecule has 0 fully saturated rings. The minimum absolute atomic E-state index is 0.156. The topological polar surface area (TPSA) is 60.8 Å². The standard InChI is InChI=1S/C15H19NO3/c1-11-7-13(5-4-6-17)9-14(8-11)15(19)16(3)10-12(2)18/h7-9,12,17-18H,6,10H2,1-3H3. The first-order chi connectivity index (χ1) is 8.93. The van der Waals surface area contributed by atoms with Crippen LogP contribution in [0.3, 0.4) is 0 Å². The lowest BCUT2D eigenvalue weighted by atomic mass is 10.1. The molecule has 0 saturated heterocycles. The van der Waals surface area contributed by atoms with Gasteiger partial charge in [0.15, 0.2) is 0 Å². The highest BCUT2D eigenvalue weighted by molar-refractivity contribution is 5.94. The highest BCUT2D eigenvalue weighted by Gasteiger charge is 2.14. The van der Waals surface area contributed by atoms with Crippen molar-refractivity contribution >= 4 is 5.91 Å². The van der Waals surface area contributed by atoms with Crippen LogP contribution in [0.4, 0.5) is 0 Å². The Morgan fingerprint density at radius 2 is 2.11 bits per heavy atom. The molecule has 0 radical (unpaired) electrons. The second-order valence-corrected chi connectivity index (χ2v) is 4.58. The molecule has 1 atom stereocenters. The second kappa shape index (κ2) is 6.93. The largest absolute Gasteiger partial charge is 0.392 e. The van der Waals surface area contributed by atoms with E-state index in [1.54, 1.807) is 26.1 Å². The number of hydrogen-bond donors (Lipinski definition) is 2. The fourth-order valence-electron chi connectivity index (χ4n) is 1.82. The van der Waals surface area contributed by atoms with E-state index in [1.165, 1.54) is 4.90 Å². The molecule has 1 aromatic carbocycles. The van der Waals surface area contributed by atoms with E-state index in [0.717, 1.165) is 5.56 Å². The number of hydrogen-bond acceptors (Lipinski definition) is 3. The maximum Gasteiger partial charge on any atom is 0.253 e. The Hall–Kier alpha value is -1.83. The lowest BCUT2D eigenvalue weighted by Gasteiger charge is -2.19. The van der Waals surface area contributed by atoms with Gasteiger partial charge in [-0.2, -0.15) is 0 Å². The Morgan fingerprint density at radius 1 is 1.42 bits per heavy atom. The van der Waals surface area contributed by atoms with Crippen molar-refractivity contribution in [1.82, 2.24) is 4.90 Å². The van der Waals surface area contributed by atoms with Crippen LogP contribution < -0.4 is 0 Å². The molecular weight excluding hydrogens is 242 g/mol. The van der Waals surface area contributed by atoms with E-state index in [9.17, 15) is 9.90 Å². The summed E-state index contributed by atoms with van der Waals surface area (Å²) >= 11 is 0. The Labute approximate surface area is 113 Å². The van der Waals surface area contributed by atoms with Crippen molar-refractivity contribution in [3.63, 3.8) is 0 Å². The summed E-state index contributed by atoms with van der Waals surface area (Å²) < 4.78 is 0. The molecule has 0 saturated carbocycles. The summed E-state index contributed by atoms with van der Waals surface area (Å²) in [5.41, 5.74) is 2.16. The van der Waals surface area contributed by atoms with Gasteiger partial charge in [-0.05, 0) is 37.6 Å². The van der Waals surface area contributed by atoms with Crippen molar-refractivity contribution in [2.75, 3.05) is 20.2 Å². The van der Waals surface area contributed by atoms with E-state index >= 15 is 0 Å². The molecule has 0 aliphatic rings. The van der Waals surface area contributed by atoms with Crippen LogP contribution in [-0.2, 0) is 0 Å². The molecule has 2 N–H and O–H groups in total. The van der Waals surface area contributed by atoms with Gasteiger partial charge in [-0.15, -0.1) is 0 Å². The van der Waals surface area contributed by atoms with Gasteiger partial charge in [0.2, 0.25) is 0 Å². The van der Waals surface area contributed by atoms with E-state index in [-0.39, 0.29) is 19.1 Å². The van der Waals surface area contributed by atoms with Gasteiger partial charge in [-0.25, -0.2) is 0 Å². The van der Waals surface area contributed by atoms with Crippen molar-refractivity contribution in [3.05, 3.63) is 34.9 Å². The van der Waals surface area contributed by atoms with E-state index in [4.69, 9.17) is 5.11 Å². The number of benzene rings is 1. The number of rotatable bonds is 3. The summed E-state index contributed by atoms with van der Waals surface area (Å²) in [5.74, 6) is 5.19. The first-order valence-corrected chi connectivity index (χ1v) is 6.09. The Bertz CT molecular complexity index is 512. The van der Waals surface area contributed by atoms with Gasteiger partial charge in [-0.3, -0.25) is 4.79 Å². The molecule has 19 heavy (non-hydrogen) atoms. The Morgan fingerprint density at radius 3 is 2.68 bits per heavy atom. The van der Waals surface area contributed by atoms with Crippen LogP contribution in [0.5, 0.6) is 0 Å². The molecule has 4 heteroatoms. The summed E-state index contributed by atoms with van der Waals surface area (Å²) in [7, 11) is 1.65. The van der Waals surface area contributed by atoms with Crippen LogP contribution >= 0.6 is 0 Å². The highest BCUT2D eigenvalue weighted by Crippen LogP contribution is 2.11. The summed E-state index contributed by atoms with van der Waals surface area (Å²) in [6.07, 6.45) is -0.563. The molecule has 0 bridgehead atoms. The van der Waals surface area contributed by atoms with Gasteiger partial charge in [0.1, 0.15) is 6.61 Å². The number of amides is 1. The zero-order valence-corrected chi connectivity index (χ0v) is 11.5. The first-order valence-electron chi connectivity index (χ1n) is 6.09. The number of aliphatic hydroxyl groups excluding tert-OH is 2. The number of nitrogens with zero attached hydrogens (tertiary/aromatic N) is 1. The fourth-order valence-corrected chi connectivity index (χ4v) is 1.82. The average Bonchev–Trinajstić information content (AvgIpc) is 2.33. The lowest BCUT2D eigenvalue weighted by molar-refractivity contribution is 0.0703. The third-order valence-corrected chi connectivity index (χ3v) is 2.52. The number of aryl methyl sites for hydroxylation is 1. The summed E-state index contributed by atoms with van der Waals surface area (Å²) in [6.45, 7) is 3.59. The van der Waals surface area contributed by atoms with Gasteiger partial charge >= 0.3 is 0 Å². The van der Waals surface area contributed by atoms with Crippen LogP contribution in [0.2, 0.25) is 0 Å². The molecule has 0 heterocycles. The summed E-state index contributed by atoms with van der Waals surface area (Å²) in [4.78, 5) is 13.7. The van der Waals surface area contributed by atoms with E-state index in [0.29, 0.717) is 11.1 Å². The zero-order chi connectivity index (χ0) is 14.4. The number of carbonyl (C=O) groups excluding carboxylic acids is 1. The first kappa shape index (κ1) is 15.2. The fraction of sp³-hybridized carbons (Fsp3) is 0.400. The molecule has 1 unspecified atom stereocenters. The van der Waals surface area contributed by atoms with E-state index in [2.05, 4.69) is 11.8 Å². The molecule has 0 aromatic heterocycles. The molecular formula is C15H19NO3. The van der Waals surface area contributed by atoms with Crippen LogP contribution in [0.25, 0.3) is 0 Å². The molecule has 0 aliphatic carbocycles. The molecule has 102 valence electrons. The average molecular weight is 261 g/mol. The van der Waals surface area contributed by atoms with E-state index < -0.39 is 6.10 Å². The SMILES string of the molecule is Cc1cc(C#CCO)cc(C(=O)N(C)CC(C)O)c1. The highest BCUT2D eigenvalue weighted by atomic mass is 16.3. The van der Waals surface area contributed by atoms with Gasteiger partial charge in [0.25, 0.3) is 5.91 Å². The van der Waals surface area contributed by atoms with Crippen molar-refractivity contribution in [3.8, 4) is 11.8 Å². The molecule has 4 nitrogen and oxygen atoms in total. The van der Waals surface area contributed by atoms with Crippen LogP contribution in [0, 0.1) is 18.8 Å². The maximum atomic E-state index is 12.2. The number of likely N-dealkylation sites (N-methyl/N-ethyl adjacent to an activating group) is 1. The lowest BCUT2D eigenvalue weighted by Crippen LogP contribution is -2.33. The minimum Gasteiger partial charge on any atom is -0.392 e. The van der Waals surface area contributed by atoms with Gasteiger partial charge in [-0.1, -0.05) is 11.8 Å². The van der Waals surface area contributed by atoms with Crippen molar-refractivity contribution < 1.29 is 15.0 Å². The number of aliphatic hydroxyl groups is 2. The van der Waals surface area contributed by atoms with Crippen LogP contribution in [-0.4, -0.2) is 47.3 Å². The van der Waals surface area contributed by atoms with Crippen molar-refractivity contribution in [2.24, 2.45) is 0 Å². The predicted molar refractivity (Wildman–Crippen MR) is 73.8 cm³/mol. The zero-order valence-electron chi connectivity index (χ0n) is 11.5. The van der Waals surface area contributed by atoms with Gasteiger partial charge in [0, 0.05) is 24.7 Å². The third kappa shape index (κ3) is 4.74. The van der Waals surface area contributed by atoms with Crippen molar-refractivity contribution in [2.45, 2.75) is 20.0 Å². The van der Waals surface area contributed by atoms with Crippen molar-refractivity contribution in [1.29, 1.82) is 0 Å². The van der Waals surface area contributed by atoms with Gasteiger partial charge < -0.3 is 15.1 Å². The smallest absolute Gasteiger partial charge is 0.253 e. The van der Waals surface area contributed by atoms with E-state index in [1.807, 2.05) is 13.0 Å². The summed E-state index contributed by atoms with van der Waals surface area (Å²) in [5, 5.41) is 18.0. The normalized spacial score (nSPS) is 11.4. The molecule has 0 aliphatic heterocycles. The van der Waals surface area contributed by atoms with Crippen LogP contribution in [0.1, 0.15) is 28.4 Å². The monoisotopic (exact) mass is 261 g/mol. The molecule has 1 rings (SSSR count). The third-order valence-electron chi connectivity index (χ3n) is 2.52. The van der Waals surface area contributed by atoms with Crippen LogP contribution in [0.15, 0.2) is 18.2 Å². The summed E-state index contributed by atoms with van der Waals surface area (Å²) in [6, 6.07) is 5.33. The molecule has 0 spiro atoms. The maximum absolute atomic E-state index is 12.2. The Balaban J connectivity index is 3.00.